The van der Waals surface area contributed by atoms with Crippen molar-refractivity contribution in [3.05, 3.63) is 65.4 Å². The second-order valence-corrected chi connectivity index (χ2v) is 7.64. The van der Waals surface area contributed by atoms with Crippen LogP contribution in [0, 0.1) is 13.8 Å². The van der Waals surface area contributed by atoms with Gasteiger partial charge in [0, 0.05) is 11.1 Å². The average molecular weight is 355 g/mol. The number of benzene rings is 2. The predicted molar refractivity (Wildman–Crippen MR) is 99.2 cm³/mol. The average Bonchev–Trinajstić information content (AvgIpc) is 2.91. The Balaban J connectivity index is 2.18. The number of nitrogens with zero attached hydrogens (tertiary/aromatic N) is 2. The van der Waals surface area contributed by atoms with Gasteiger partial charge in [0.2, 0.25) is 10.0 Å². The zero-order valence-electron chi connectivity index (χ0n) is 14.5. The smallest absolute Gasteiger partial charge is 0.233 e. The third-order valence-corrected chi connectivity index (χ3v) is 5.20. The molecule has 0 saturated carbocycles. The molecule has 0 saturated heterocycles. The number of aromatic nitrogens is 2. The van der Waals surface area contributed by atoms with Crippen LogP contribution in [0.2, 0.25) is 0 Å². The van der Waals surface area contributed by atoms with Crippen molar-refractivity contribution in [2.24, 2.45) is 5.14 Å². The highest BCUT2D eigenvalue weighted by atomic mass is 32.2. The second-order valence-electron chi connectivity index (χ2n) is 6.08. The summed E-state index contributed by atoms with van der Waals surface area (Å²) < 4.78 is 24.8. The van der Waals surface area contributed by atoms with Gasteiger partial charge in [-0.1, -0.05) is 36.8 Å². The summed E-state index contributed by atoms with van der Waals surface area (Å²) in [5, 5.41) is 9.86. The molecule has 1 aromatic heterocycles. The van der Waals surface area contributed by atoms with Gasteiger partial charge in [-0.15, -0.1) is 0 Å². The number of nitrogens with two attached hydrogens (primary N) is 1. The van der Waals surface area contributed by atoms with Gasteiger partial charge in [-0.3, -0.25) is 0 Å². The Morgan fingerprint density at radius 1 is 1.00 bits per heavy atom. The molecule has 25 heavy (non-hydrogen) atoms. The van der Waals surface area contributed by atoms with Gasteiger partial charge in [0.25, 0.3) is 0 Å². The van der Waals surface area contributed by atoms with E-state index >= 15 is 0 Å². The first-order chi connectivity index (χ1) is 11.8. The van der Waals surface area contributed by atoms with E-state index < -0.39 is 10.0 Å². The summed E-state index contributed by atoms with van der Waals surface area (Å²) in [6, 6.07) is 14.8. The molecule has 0 fully saturated rings. The first kappa shape index (κ1) is 17.4. The van der Waals surface area contributed by atoms with Gasteiger partial charge in [0.15, 0.2) is 0 Å². The van der Waals surface area contributed by atoms with Gasteiger partial charge in [-0.25, -0.2) is 18.2 Å². The van der Waals surface area contributed by atoms with Crippen LogP contribution < -0.4 is 5.14 Å². The molecule has 5 nitrogen and oxygen atoms in total. The number of sulfonamides is 1. The van der Waals surface area contributed by atoms with E-state index in [1.165, 1.54) is 23.3 Å². The third kappa shape index (κ3) is 3.36. The van der Waals surface area contributed by atoms with Gasteiger partial charge >= 0.3 is 0 Å². The third-order valence-electron chi connectivity index (χ3n) is 4.27. The Kier molecular flexibility index (Phi) is 4.49. The highest BCUT2D eigenvalue weighted by Gasteiger charge is 2.17. The Morgan fingerprint density at radius 2 is 1.60 bits per heavy atom. The normalized spacial score (nSPS) is 11.7. The molecule has 2 N–H and O–H groups in total. The fourth-order valence-corrected chi connectivity index (χ4v) is 3.47. The molecule has 0 radical (unpaired) electrons. The lowest BCUT2D eigenvalue weighted by molar-refractivity contribution is 0.598. The van der Waals surface area contributed by atoms with Crippen molar-refractivity contribution in [2.75, 3.05) is 0 Å². The molecule has 0 unspecified atom stereocenters. The van der Waals surface area contributed by atoms with E-state index in [0.29, 0.717) is 0 Å². The van der Waals surface area contributed by atoms with Gasteiger partial charge in [-0.05, 0) is 44.5 Å². The van der Waals surface area contributed by atoms with E-state index in [1.54, 1.807) is 12.1 Å². The van der Waals surface area contributed by atoms with Gasteiger partial charge in [0.1, 0.15) is 0 Å². The number of aryl methyl sites for hydroxylation is 2. The van der Waals surface area contributed by atoms with Crippen molar-refractivity contribution >= 4 is 10.0 Å². The molecule has 130 valence electrons. The fraction of sp³-hybridized carbons (Fsp3) is 0.211. The summed E-state index contributed by atoms with van der Waals surface area (Å²) in [6.45, 7) is 6.15. The molecule has 6 heteroatoms. The van der Waals surface area contributed by atoms with Crippen molar-refractivity contribution < 1.29 is 8.42 Å². The molecule has 0 aliphatic carbocycles. The molecular formula is C19H21N3O2S. The van der Waals surface area contributed by atoms with Crippen molar-refractivity contribution in [2.45, 2.75) is 32.1 Å². The Bertz CT molecular complexity index is 1000. The van der Waals surface area contributed by atoms with Crippen LogP contribution in [0.5, 0.6) is 0 Å². The first-order valence-electron chi connectivity index (χ1n) is 8.10. The molecule has 0 spiro atoms. The number of hydrogen-bond donors (Lipinski definition) is 1. The number of hydrogen-bond acceptors (Lipinski definition) is 3. The van der Waals surface area contributed by atoms with Crippen molar-refractivity contribution in [3.63, 3.8) is 0 Å². The minimum atomic E-state index is -3.71. The van der Waals surface area contributed by atoms with Crippen LogP contribution in [0.15, 0.2) is 53.4 Å². The molecule has 0 atom stereocenters. The zero-order chi connectivity index (χ0) is 18.2. The Hall–Kier alpha value is -2.44. The summed E-state index contributed by atoms with van der Waals surface area (Å²) in [5.74, 6) is 0. The summed E-state index contributed by atoms with van der Waals surface area (Å²) in [7, 11) is -3.71. The molecule has 0 aliphatic heterocycles. The molecule has 3 aromatic rings. The van der Waals surface area contributed by atoms with Crippen molar-refractivity contribution in [1.82, 2.24) is 9.78 Å². The quantitative estimate of drug-likeness (QED) is 0.779. The summed E-state index contributed by atoms with van der Waals surface area (Å²) >= 11 is 0. The zero-order valence-corrected chi connectivity index (χ0v) is 15.3. The maximum Gasteiger partial charge on any atom is 0.238 e. The highest BCUT2D eigenvalue weighted by Crippen LogP contribution is 2.30. The highest BCUT2D eigenvalue weighted by molar-refractivity contribution is 7.89. The van der Waals surface area contributed by atoms with E-state index in [0.717, 1.165) is 29.1 Å². The molecule has 0 amide bonds. The van der Waals surface area contributed by atoms with E-state index in [4.69, 9.17) is 5.14 Å². The van der Waals surface area contributed by atoms with Crippen LogP contribution in [-0.2, 0) is 16.4 Å². The first-order valence-corrected chi connectivity index (χ1v) is 9.64. The molecule has 2 aromatic carbocycles. The SMILES string of the molecule is CCc1c(C)nn(-c2ccc(S(N)(=O)=O)cc2)c1-c1ccc(C)cc1. The van der Waals surface area contributed by atoms with E-state index in [2.05, 4.69) is 43.2 Å². The summed E-state index contributed by atoms with van der Waals surface area (Å²) in [5.41, 5.74) is 6.25. The van der Waals surface area contributed by atoms with E-state index in [1.807, 2.05) is 11.6 Å². The standard InChI is InChI=1S/C19H21N3O2S/c1-4-18-14(3)21-22(19(18)15-7-5-13(2)6-8-15)16-9-11-17(12-10-16)25(20,23)24/h5-12H,4H2,1-3H3,(H2,20,23,24). The monoisotopic (exact) mass is 355 g/mol. The Labute approximate surface area is 148 Å². The predicted octanol–water partition coefficient (Wildman–Crippen LogP) is 3.37. The van der Waals surface area contributed by atoms with Gasteiger partial charge in [-0.2, -0.15) is 5.10 Å². The van der Waals surface area contributed by atoms with Crippen LogP contribution in [0.1, 0.15) is 23.7 Å². The molecule has 1 heterocycles. The molecular weight excluding hydrogens is 334 g/mol. The van der Waals surface area contributed by atoms with Gasteiger partial charge < -0.3 is 0 Å². The second kappa shape index (κ2) is 6.46. The Morgan fingerprint density at radius 3 is 2.12 bits per heavy atom. The lowest BCUT2D eigenvalue weighted by Gasteiger charge is -2.10. The van der Waals surface area contributed by atoms with Crippen molar-refractivity contribution in [3.8, 4) is 16.9 Å². The summed E-state index contributed by atoms with van der Waals surface area (Å²) in [6.07, 6.45) is 0.865. The lowest BCUT2D eigenvalue weighted by Crippen LogP contribution is -2.12. The van der Waals surface area contributed by atoms with E-state index in [9.17, 15) is 8.42 Å². The molecule has 0 bridgehead atoms. The minimum absolute atomic E-state index is 0.0905. The maximum atomic E-state index is 11.5. The van der Waals surface area contributed by atoms with Crippen LogP contribution in [0.4, 0.5) is 0 Å². The van der Waals surface area contributed by atoms with Crippen LogP contribution in [0.3, 0.4) is 0 Å². The molecule has 3 rings (SSSR count). The summed E-state index contributed by atoms with van der Waals surface area (Å²) in [4.78, 5) is 0.0905. The van der Waals surface area contributed by atoms with Crippen LogP contribution >= 0.6 is 0 Å². The van der Waals surface area contributed by atoms with Gasteiger partial charge in [0.05, 0.1) is 22.0 Å². The van der Waals surface area contributed by atoms with E-state index in [-0.39, 0.29) is 4.90 Å². The minimum Gasteiger partial charge on any atom is -0.233 e. The largest absolute Gasteiger partial charge is 0.238 e. The number of rotatable bonds is 4. The topological polar surface area (TPSA) is 78.0 Å². The van der Waals surface area contributed by atoms with Crippen LogP contribution in [0.25, 0.3) is 16.9 Å². The van der Waals surface area contributed by atoms with Crippen molar-refractivity contribution in [1.29, 1.82) is 0 Å². The fourth-order valence-electron chi connectivity index (χ4n) is 2.95. The van der Waals surface area contributed by atoms with Crippen LogP contribution in [-0.4, -0.2) is 18.2 Å². The maximum absolute atomic E-state index is 11.5. The lowest BCUT2D eigenvalue weighted by atomic mass is 10.0. The molecule has 0 aliphatic rings. The number of primary sulfonamides is 1.